The molecule has 0 spiro atoms. The SMILES string of the molecule is C[C@@H](ON)c1csc2ccccc12. The van der Waals surface area contributed by atoms with Crippen LogP contribution in [0, 0.1) is 0 Å². The molecule has 0 amide bonds. The minimum atomic E-state index is -0.0313. The third kappa shape index (κ3) is 1.46. The van der Waals surface area contributed by atoms with Crippen LogP contribution in [0.2, 0.25) is 0 Å². The van der Waals surface area contributed by atoms with E-state index in [1.165, 1.54) is 15.6 Å². The Morgan fingerprint density at radius 2 is 2.15 bits per heavy atom. The molecule has 0 fully saturated rings. The second-order valence-electron chi connectivity index (χ2n) is 2.97. The molecular formula is C10H11NOS. The molecule has 0 aliphatic carbocycles. The molecule has 2 aromatic rings. The summed E-state index contributed by atoms with van der Waals surface area (Å²) in [5.41, 5.74) is 1.17. The summed E-state index contributed by atoms with van der Waals surface area (Å²) >= 11 is 1.72. The highest BCUT2D eigenvalue weighted by Gasteiger charge is 2.09. The van der Waals surface area contributed by atoms with Crippen LogP contribution in [0.4, 0.5) is 0 Å². The van der Waals surface area contributed by atoms with E-state index in [9.17, 15) is 0 Å². The molecule has 0 radical (unpaired) electrons. The molecule has 0 unspecified atom stereocenters. The molecule has 13 heavy (non-hydrogen) atoms. The highest BCUT2D eigenvalue weighted by molar-refractivity contribution is 7.17. The Morgan fingerprint density at radius 3 is 2.92 bits per heavy atom. The normalized spacial score (nSPS) is 13.4. The lowest BCUT2D eigenvalue weighted by Gasteiger charge is -2.06. The van der Waals surface area contributed by atoms with Gasteiger partial charge in [0, 0.05) is 10.3 Å². The summed E-state index contributed by atoms with van der Waals surface area (Å²) < 4.78 is 1.28. The van der Waals surface area contributed by atoms with E-state index in [2.05, 4.69) is 17.5 Å². The van der Waals surface area contributed by atoms with Crippen LogP contribution >= 0.6 is 11.3 Å². The Labute approximate surface area is 80.9 Å². The van der Waals surface area contributed by atoms with E-state index in [1.54, 1.807) is 11.3 Å². The Kier molecular flexibility index (Phi) is 2.31. The summed E-state index contributed by atoms with van der Waals surface area (Å²) in [4.78, 5) is 4.81. The van der Waals surface area contributed by atoms with Gasteiger partial charge in [-0.05, 0) is 23.8 Å². The third-order valence-electron chi connectivity index (χ3n) is 2.15. The van der Waals surface area contributed by atoms with Gasteiger partial charge in [0.25, 0.3) is 0 Å². The largest absolute Gasteiger partial charge is 0.297 e. The van der Waals surface area contributed by atoms with Crippen molar-refractivity contribution in [3.05, 3.63) is 35.2 Å². The molecule has 0 bridgehead atoms. The van der Waals surface area contributed by atoms with Gasteiger partial charge in [-0.1, -0.05) is 18.2 Å². The average Bonchev–Trinajstić information content (AvgIpc) is 2.60. The first kappa shape index (κ1) is 8.69. The van der Waals surface area contributed by atoms with Gasteiger partial charge in [0.15, 0.2) is 0 Å². The second kappa shape index (κ2) is 3.46. The van der Waals surface area contributed by atoms with E-state index < -0.39 is 0 Å². The molecule has 2 nitrogen and oxygen atoms in total. The molecule has 3 heteroatoms. The minimum Gasteiger partial charge on any atom is -0.297 e. The summed E-state index contributed by atoms with van der Waals surface area (Å²) in [6, 6.07) is 8.27. The van der Waals surface area contributed by atoms with E-state index in [4.69, 9.17) is 10.7 Å². The van der Waals surface area contributed by atoms with Gasteiger partial charge in [0.2, 0.25) is 0 Å². The average molecular weight is 193 g/mol. The molecule has 0 saturated carbocycles. The lowest BCUT2D eigenvalue weighted by Crippen LogP contribution is -2.04. The fourth-order valence-corrected chi connectivity index (χ4v) is 2.43. The van der Waals surface area contributed by atoms with Gasteiger partial charge in [0.1, 0.15) is 6.10 Å². The van der Waals surface area contributed by atoms with Crippen molar-refractivity contribution in [1.29, 1.82) is 0 Å². The number of hydrogen-bond donors (Lipinski definition) is 1. The first-order valence-electron chi connectivity index (χ1n) is 4.14. The van der Waals surface area contributed by atoms with Crippen molar-refractivity contribution in [2.24, 2.45) is 5.90 Å². The molecule has 1 aromatic heterocycles. The molecule has 0 saturated heterocycles. The number of hydrogen-bond acceptors (Lipinski definition) is 3. The maximum absolute atomic E-state index is 5.16. The van der Waals surface area contributed by atoms with Crippen LogP contribution in [0.5, 0.6) is 0 Å². The lowest BCUT2D eigenvalue weighted by atomic mass is 10.1. The van der Waals surface area contributed by atoms with Crippen LogP contribution in [0.15, 0.2) is 29.6 Å². The van der Waals surface area contributed by atoms with Crippen molar-refractivity contribution >= 4 is 21.4 Å². The van der Waals surface area contributed by atoms with Crippen molar-refractivity contribution in [1.82, 2.24) is 0 Å². The van der Waals surface area contributed by atoms with Crippen molar-refractivity contribution < 1.29 is 4.84 Å². The first-order valence-corrected chi connectivity index (χ1v) is 5.02. The summed E-state index contributed by atoms with van der Waals surface area (Å²) in [5, 5.41) is 3.34. The Morgan fingerprint density at radius 1 is 1.38 bits per heavy atom. The van der Waals surface area contributed by atoms with Crippen molar-refractivity contribution in [3.63, 3.8) is 0 Å². The third-order valence-corrected chi connectivity index (χ3v) is 3.13. The zero-order chi connectivity index (χ0) is 9.26. The Balaban J connectivity index is 2.57. The first-order chi connectivity index (χ1) is 6.33. The Bertz CT molecular complexity index is 410. The number of nitrogens with two attached hydrogens (primary N) is 1. The number of rotatable bonds is 2. The standard InChI is InChI=1S/C10H11NOS/c1-7(12-11)9-6-13-10-5-3-2-4-8(9)10/h2-7H,11H2,1H3/t7-/m1/s1. The summed E-state index contributed by atoms with van der Waals surface area (Å²) in [7, 11) is 0. The Hall–Kier alpha value is -0.900. The van der Waals surface area contributed by atoms with E-state index in [0.717, 1.165) is 0 Å². The molecule has 0 aliphatic heterocycles. The predicted molar refractivity (Wildman–Crippen MR) is 55.5 cm³/mol. The van der Waals surface area contributed by atoms with E-state index in [-0.39, 0.29) is 6.10 Å². The van der Waals surface area contributed by atoms with Gasteiger partial charge in [-0.15, -0.1) is 11.3 Å². The highest BCUT2D eigenvalue weighted by Crippen LogP contribution is 2.30. The van der Waals surface area contributed by atoms with Crippen LogP contribution in [-0.2, 0) is 4.84 Å². The van der Waals surface area contributed by atoms with Gasteiger partial charge in [-0.25, -0.2) is 5.90 Å². The van der Waals surface area contributed by atoms with E-state index >= 15 is 0 Å². The van der Waals surface area contributed by atoms with Gasteiger partial charge in [0.05, 0.1) is 0 Å². The highest BCUT2D eigenvalue weighted by atomic mass is 32.1. The molecule has 68 valence electrons. The van der Waals surface area contributed by atoms with Crippen LogP contribution in [0.3, 0.4) is 0 Å². The van der Waals surface area contributed by atoms with Crippen LogP contribution in [-0.4, -0.2) is 0 Å². The predicted octanol–water partition coefficient (Wildman–Crippen LogP) is 2.85. The maximum atomic E-state index is 5.16. The molecular weight excluding hydrogens is 182 g/mol. The molecule has 1 heterocycles. The zero-order valence-electron chi connectivity index (χ0n) is 7.36. The van der Waals surface area contributed by atoms with Crippen molar-refractivity contribution in [2.45, 2.75) is 13.0 Å². The second-order valence-corrected chi connectivity index (χ2v) is 3.88. The fraction of sp³-hybridized carbons (Fsp3) is 0.200. The van der Waals surface area contributed by atoms with Gasteiger partial charge >= 0.3 is 0 Å². The smallest absolute Gasteiger partial charge is 0.102 e. The number of benzene rings is 1. The summed E-state index contributed by atoms with van der Waals surface area (Å²) in [6.07, 6.45) is -0.0313. The van der Waals surface area contributed by atoms with Crippen LogP contribution in [0.25, 0.3) is 10.1 Å². The van der Waals surface area contributed by atoms with Crippen LogP contribution < -0.4 is 5.90 Å². The molecule has 0 aliphatic rings. The van der Waals surface area contributed by atoms with Gasteiger partial charge in [-0.3, -0.25) is 4.84 Å². The van der Waals surface area contributed by atoms with Gasteiger partial charge in [-0.2, -0.15) is 0 Å². The monoisotopic (exact) mass is 193 g/mol. The minimum absolute atomic E-state index is 0.0313. The van der Waals surface area contributed by atoms with E-state index in [1.807, 2.05) is 19.1 Å². The molecule has 2 rings (SSSR count). The van der Waals surface area contributed by atoms with Crippen molar-refractivity contribution in [2.75, 3.05) is 0 Å². The summed E-state index contributed by atoms with van der Waals surface area (Å²) in [5.74, 6) is 5.16. The van der Waals surface area contributed by atoms with Crippen molar-refractivity contribution in [3.8, 4) is 0 Å². The topological polar surface area (TPSA) is 35.2 Å². The number of thiophene rings is 1. The zero-order valence-corrected chi connectivity index (χ0v) is 8.17. The lowest BCUT2D eigenvalue weighted by molar-refractivity contribution is 0.0676. The fourth-order valence-electron chi connectivity index (χ4n) is 1.39. The quantitative estimate of drug-likeness (QED) is 0.744. The number of fused-ring (bicyclic) bond motifs is 1. The van der Waals surface area contributed by atoms with Crippen LogP contribution in [0.1, 0.15) is 18.6 Å². The van der Waals surface area contributed by atoms with Gasteiger partial charge < -0.3 is 0 Å². The molecule has 2 N–H and O–H groups in total. The summed E-state index contributed by atoms with van der Waals surface area (Å²) in [6.45, 7) is 1.95. The molecule has 1 atom stereocenters. The molecule has 1 aromatic carbocycles. The maximum Gasteiger partial charge on any atom is 0.102 e. The van der Waals surface area contributed by atoms with E-state index in [0.29, 0.717) is 0 Å².